The molecule has 0 fully saturated rings. The molecule has 27 heavy (non-hydrogen) atoms. The number of nitrogens with zero attached hydrogens (tertiary/aromatic N) is 1. The number of benzene rings is 2. The Labute approximate surface area is 158 Å². The second-order valence-corrected chi connectivity index (χ2v) is 7.60. The number of sulfonamides is 1. The largest absolute Gasteiger partial charge is 0.497 e. The van der Waals surface area contributed by atoms with Crippen LogP contribution in [0.1, 0.15) is 0 Å². The van der Waals surface area contributed by atoms with Gasteiger partial charge in [0.25, 0.3) is 0 Å². The van der Waals surface area contributed by atoms with Gasteiger partial charge in [-0.05, 0) is 36.4 Å². The van der Waals surface area contributed by atoms with Gasteiger partial charge in [-0.25, -0.2) is 8.42 Å². The van der Waals surface area contributed by atoms with Crippen LogP contribution in [0.25, 0.3) is 0 Å². The van der Waals surface area contributed by atoms with E-state index < -0.39 is 15.9 Å². The van der Waals surface area contributed by atoms with E-state index in [1.165, 1.54) is 40.5 Å². The molecule has 2 aromatic carbocycles. The van der Waals surface area contributed by atoms with Crippen LogP contribution in [0.3, 0.4) is 0 Å². The summed E-state index contributed by atoms with van der Waals surface area (Å²) in [5.41, 5.74) is 0.466. The highest BCUT2D eigenvalue weighted by atomic mass is 32.2. The Kier molecular flexibility index (Phi) is 6.65. The van der Waals surface area contributed by atoms with Crippen LogP contribution >= 0.6 is 0 Å². The smallest absolute Gasteiger partial charge is 0.243 e. The molecule has 0 bridgehead atoms. The van der Waals surface area contributed by atoms with Crippen LogP contribution in [0.2, 0.25) is 0 Å². The van der Waals surface area contributed by atoms with Gasteiger partial charge in [-0.1, -0.05) is 0 Å². The van der Waals surface area contributed by atoms with E-state index in [0.29, 0.717) is 22.9 Å². The monoisotopic (exact) mass is 394 g/mol. The average Bonchev–Trinajstić information content (AvgIpc) is 2.67. The van der Waals surface area contributed by atoms with Gasteiger partial charge in [-0.3, -0.25) is 4.79 Å². The zero-order valence-corrected chi connectivity index (χ0v) is 16.4. The van der Waals surface area contributed by atoms with E-state index in [2.05, 4.69) is 5.32 Å². The molecule has 0 aliphatic carbocycles. The Morgan fingerprint density at radius 2 is 1.59 bits per heavy atom. The molecule has 0 radical (unpaired) electrons. The molecule has 1 N–H and O–H groups in total. The van der Waals surface area contributed by atoms with E-state index in [1.54, 1.807) is 30.3 Å². The summed E-state index contributed by atoms with van der Waals surface area (Å²) in [5, 5.41) is 2.64. The number of likely N-dealkylation sites (N-methyl/N-ethyl adjacent to an activating group) is 1. The predicted molar refractivity (Wildman–Crippen MR) is 101 cm³/mol. The first kappa shape index (κ1) is 20.5. The molecule has 8 nitrogen and oxygen atoms in total. The summed E-state index contributed by atoms with van der Waals surface area (Å²) in [7, 11) is 2.03. The maximum absolute atomic E-state index is 12.6. The van der Waals surface area contributed by atoms with Gasteiger partial charge in [-0.15, -0.1) is 0 Å². The highest BCUT2D eigenvalue weighted by molar-refractivity contribution is 7.89. The van der Waals surface area contributed by atoms with Gasteiger partial charge >= 0.3 is 0 Å². The number of carbonyl (C=O) groups excluding carboxylic acids is 1. The Morgan fingerprint density at radius 1 is 0.963 bits per heavy atom. The summed E-state index contributed by atoms with van der Waals surface area (Å²) < 4.78 is 41.5. The molecule has 146 valence electrons. The molecule has 0 saturated carbocycles. The summed E-state index contributed by atoms with van der Waals surface area (Å²) in [5.74, 6) is 1.04. The highest BCUT2D eigenvalue weighted by Gasteiger charge is 2.23. The summed E-state index contributed by atoms with van der Waals surface area (Å²) in [6.45, 7) is -0.345. The van der Waals surface area contributed by atoms with E-state index in [1.807, 2.05) is 0 Å². The predicted octanol–water partition coefficient (Wildman–Crippen LogP) is 1.97. The average molecular weight is 394 g/mol. The van der Waals surface area contributed by atoms with Crippen molar-refractivity contribution in [1.29, 1.82) is 0 Å². The third-order valence-corrected chi connectivity index (χ3v) is 5.62. The third-order valence-electron chi connectivity index (χ3n) is 3.80. The third kappa shape index (κ3) is 4.89. The molecule has 0 aromatic heterocycles. The number of amides is 1. The van der Waals surface area contributed by atoms with E-state index in [4.69, 9.17) is 14.2 Å². The maximum Gasteiger partial charge on any atom is 0.243 e. The van der Waals surface area contributed by atoms with E-state index in [0.717, 1.165) is 4.31 Å². The lowest BCUT2D eigenvalue weighted by Crippen LogP contribution is -2.34. The van der Waals surface area contributed by atoms with Crippen LogP contribution in [-0.4, -0.2) is 53.6 Å². The van der Waals surface area contributed by atoms with Crippen molar-refractivity contribution >= 4 is 21.6 Å². The van der Waals surface area contributed by atoms with Crippen molar-refractivity contribution in [2.24, 2.45) is 0 Å². The molecule has 0 unspecified atom stereocenters. The second kappa shape index (κ2) is 8.74. The SMILES string of the molecule is COc1ccc(S(=O)(=O)N(C)CC(=O)Nc2ccc(OC)c(OC)c2)cc1. The van der Waals surface area contributed by atoms with Gasteiger partial charge < -0.3 is 19.5 Å². The zero-order chi connectivity index (χ0) is 20.0. The Bertz CT molecular complexity index is 897. The maximum atomic E-state index is 12.6. The van der Waals surface area contributed by atoms with Crippen molar-refractivity contribution in [2.75, 3.05) is 40.2 Å². The number of nitrogens with one attached hydrogen (secondary N) is 1. The van der Waals surface area contributed by atoms with E-state index in [9.17, 15) is 13.2 Å². The zero-order valence-electron chi connectivity index (χ0n) is 15.6. The lowest BCUT2D eigenvalue weighted by molar-refractivity contribution is -0.116. The second-order valence-electron chi connectivity index (χ2n) is 5.55. The summed E-state index contributed by atoms with van der Waals surface area (Å²) >= 11 is 0. The van der Waals surface area contributed by atoms with E-state index in [-0.39, 0.29) is 11.4 Å². The van der Waals surface area contributed by atoms with Crippen molar-refractivity contribution in [3.8, 4) is 17.2 Å². The topological polar surface area (TPSA) is 94.2 Å². The number of hydrogen-bond acceptors (Lipinski definition) is 6. The quantitative estimate of drug-likeness (QED) is 0.736. The number of anilines is 1. The molecule has 0 saturated heterocycles. The van der Waals surface area contributed by atoms with Crippen LogP contribution in [0.4, 0.5) is 5.69 Å². The van der Waals surface area contributed by atoms with Crippen LogP contribution in [0.15, 0.2) is 47.4 Å². The lowest BCUT2D eigenvalue weighted by atomic mass is 10.2. The highest BCUT2D eigenvalue weighted by Crippen LogP contribution is 2.29. The van der Waals surface area contributed by atoms with Crippen molar-refractivity contribution in [3.05, 3.63) is 42.5 Å². The van der Waals surface area contributed by atoms with Crippen LogP contribution in [0.5, 0.6) is 17.2 Å². The van der Waals surface area contributed by atoms with Crippen molar-refractivity contribution in [3.63, 3.8) is 0 Å². The minimum atomic E-state index is -3.80. The fourth-order valence-electron chi connectivity index (χ4n) is 2.33. The first-order chi connectivity index (χ1) is 12.8. The first-order valence-corrected chi connectivity index (χ1v) is 9.38. The Morgan fingerprint density at radius 3 is 2.15 bits per heavy atom. The van der Waals surface area contributed by atoms with Gasteiger partial charge in [0.2, 0.25) is 15.9 Å². The normalized spacial score (nSPS) is 11.1. The van der Waals surface area contributed by atoms with Gasteiger partial charge in [0.15, 0.2) is 11.5 Å². The molecule has 0 aliphatic rings. The molecule has 0 aliphatic heterocycles. The van der Waals surface area contributed by atoms with Gasteiger partial charge in [-0.2, -0.15) is 4.31 Å². The van der Waals surface area contributed by atoms with Crippen LogP contribution < -0.4 is 19.5 Å². The van der Waals surface area contributed by atoms with Crippen LogP contribution in [0, 0.1) is 0 Å². The summed E-state index contributed by atoms with van der Waals surface area (Å²) in [6.07, 6.45) is 0. The van der Waals surface area contributed by atoms with Crippen LogP contribution in [-0.2, 0) is 14.8 Å². The van der Waals surface area contributed by atoms with Crippen molar-refractivity contribution in [2.45, 2.75) is 4.90 Å². The minimum Gasteiger partial charge on any atom is -0.497 e. The standard InChI is InChI=1S/C18H22N2O6S/c1-20(27(22,23)15-8-6-14(24-2)7-9-15)12-18(21)19-13-5-10-16(25-3)17(11-13)26-4/h5-11H,12H2,1-4H3,(H,19,21). The Balaban J connectivity index is 2.08. The fraction of sp³-hybridized carbons (Fsp3) is 0.278. The molecule has 0 atom stereocenters. The number of carbonyl (C=O) groups is 1. The minimum absolute atomic E-state index is 0.0738. The number of methoxy groups -OCH3 is 3. The van der Waals surface area contributed by atoms with Crippen molar-refractivity contribution < 1.29 is 27.4 Å². The fourth-order valence-corrected chi connectivity index (χ4v) is 3.46. The van der Waals surface area contributed by atoms with Gasteiger partial charge in [0.1, 0.15) is 5.75 Å². The number of hydrogen-bond donors (Lipinski definition) is 1. The Hall–Kier alpha value is -2.78. The lowest BCUT2D eigenvalue weighted by Gasteiger charge is -2.17. The summed E-state index contributed by atoms with van der Waals surface area (Å²) in [4.78, 5) is 12.3. The number of rotatable bonds is 8. The molecular formula is C18H22N2O6S. The molecule has 9 heteroatoms. The molecular weight excluding hydrogens is 372 g/mol. The van der Waals surface area contributed by atoms with Gasteiger partial charge in [0, 0.05) is 18.8 Å². The first-order valence-electron chi connectivity index (χ1n) is 7.94. The number of ether oxygens (including phenoxy) is 3. The van der Waals surface area contributed by atoms with Gasteiger partial charge in [0.05, 0.1) is 32.8 Å². The molecule has 1 amide bonds. The molecule has 2 rings (SSSR count). The van der Waals surface area contributed by atoms with Crippen molar-refractivity contribution in [1.82, 2.24) is 4.31 Å². The molecule has 0 heterocycles. The molecule has 0 spiro atoms. The van der Waals surface area contributed by atoms with E-state index >= 15 is 0 Å². The summed E-state index contributed by atoms with van der Waals surface area (Å²) in [6, 6.07) is 10.8. The molecule has 2 aromatic rings.